The van der Waals surface area contributed by atoms with Gasteiger partial charge in [-0.15, -0.1) is 0 Å². The minimum atomic E-state index is -0.428. The number of hydrogen-bond donors (Lipinski definition) is 2. The average molecular weight is 252 g/mol. The zero-order chi connectivity index (χ0) is 13.0. The van der Waals surface area contributed by atoms with Gasteiger partial charge in [0.05, 0.1) is 12.3 Å². The van der Waals surface area contributed by atoms with Crippen LogP contribution in [0.25, 0.3) is 0 Å². The van der Waals surface area contributed by atoms with E-state index in [0.717, 1.165) is 44.0 Å². The van der Waals surface area contributed by atoms with Crippen molar-refractivity contribution in [3.05, 3.63) is 17.2 Å². The van der Waals surface area contributed by atoms with E-state index in [1.54, 1.807) is 0 Å². The van der Waals surface area contributed by atoms with Gasteiger partial charge in [-0.25, -0.2) is 4.98 Å². The number of ether oxygens (including phenoxy) is 1. The Balaban J connectivity index is 2.01. The maximum atomic E-state index is 10.6. The summed E-state index contributed by atoms with van der Waals surface area (Å²) >= 11 is 0. The minimum absolute atomic E-state index is 0.0140. The van der Waals surface area contributed by atoms with Crippen molar-refractivity contribution >= 4 is 5.91 Å². The lowest BCUT2D eigenvalue weighted by atomic mass is 10.2. The molecule has 0 bridgehead atoms. The molecule has 0 saturated carbocycles. The third-order valence-corrected chi connectivity index (χ3v) is 3.09. The van der Waals surface area contributed by atoms with Crippen molar-refractivity contribution in [3.8, 4) is 0 Å². The molecule has 0 radical (unpaired) electrons. The molecule has 6 nitrogen and oxygen atoms in total. The Morgan fingerprint density at radius 3 is 3.17 bits per heavy atom. The number of imidazole rings is 1. The Morgan fingerprint density at radius 1 is 1.61 bits per heavy atom. The van der Waals surface area contributed by atoms with E-state index in [0.29, 0.717) is 6.61 Å². The normalized spacial score (nSPS) is 14.5. The number of carbonyl (C=O) groups excluding carboxylic acids is 1. The van der Waals surface area contributed by atoms with E-state index in [1.807, 2.05) is 0 Å². The molecule has 0 spiro atoms. The molecule has 2 rings (SSSR count). The van der Waals surface area contributed by atoms with E-state index < -0.39 is 5.91 Å². The van der Waals surface area contributed by atoms with Crippen LogP contribution in [0.5, 0.6) is 0 Å². The topological polar surface area (TPSA) is 82.2 Å². The van der Waals surface area contributed by atoms with Crippen molar-refractivity contribution in [2.75, 3.05) is 19.8 Å². The first-order chi connectivity index (χ1) is 8.72. The first kappa shape index (κ1) is 13.0. The van der Waals surface area contributed by atoms with Crippen LogP contribution in [0.3, 0.4) is 0 Å². The van der Waals surface area contributed by atoms with Crippen LogP contribution in [0.2, 0.25) is 0 Å². The second kappa shape index (κ2) is 5.97. The van der Waals surface area contributed by atoms with E-state index in [9.17, 15) is 4.79 Å². The lowest BCUT2D eigenvalue weighted by Crippen LogP contribution is -2.26. The van der Waals surface area contributed by atoms with Crippen molar-refractivity contribution in [1.29, 1.82) is 0 Å². The molecule has 2 heterocycles. The van der Waals surface area contributed by atoms with Crippen molar-refractivity contribution < 1.29 is 9.53 Å². The van der Waals surface area contributed by atoms with Gasteiger partial charge in [-0.2, -0.15) is 0 Å². The highest BCUT2D eigenvalue weighted by Gasteiger charge is 2.18. The molecule has 18 heavy (non-hydrogen) atoms. The number of carbonyl (C=O) groups is 1. The maximum absolute atomic E-state index is 10.6. The Morgan fingerprint density at radius 2 is 2.44 bits per heavy atom. The van der Waals surface area contributed by atoms with Gasteiger partial charge in [0.2, 0.25) is 5.91 Å². The molecule has 0 aromatic carbocycles. The lowest BCUT2D eigenvalue weighted by molar-refractivity contribution is -0.122. The molecule has 1 amide bonds. The van der Waals surface area contributed by atoms with Crippen molar-refractivity contribution in [1.82, 2.24) is 14.9 Å². The van der Waals surface area contributed by atoms with Gasteiger partial charge in [-0.05, 0) is 0 Å². The maximum Gasteiger partial charge on any atom is 0.243 e. The molecule has 1 aromatic heterocycles. The van der Waals surface area contributed by atoms with Crippen LogP contribution in [0.15, 0.2) is 0 Å². The van der Waals surface area contributed by atoms with Crippen LogP contribution in [-0.2, 0) is 35.5 Å². The largest absolute Gasteiger partial charge is 0.370 e. The fraction of sp³-hybridized carbons (Fsp3) is 0.667. The summed E-state index contributed by atoms with van der Waals surface area (Å²) in [4.78, 5) is 15.2. The molecule has 1 aromatic rings. The standard InChI is InChI=1S/C12H20N4O2/c1-2-12-15-9-7-14-4-3-10(9)16(12)5-6-18-8-11(13)17/h14H,2-8H2,1H3,(H2,13,17). The highest BCUT2D eigenvalue weighted by molar-refractivity contribution is 5.74. The summed E-state index contributed by atoms with van der Waals surface area (Å²) in [5, 5.41) is 3.32. The number of hydrogen-bond acceptors (Lipinski definition) is 4. The van der Waals surface area contributed by atoms with Crippen molar-refractivity contribution in [2.24, 2.45) is 5.73 Å². The highest BCUT2D eigenvalue weighted by Crippen LogP contribution is 2.16. The summed E-state index contributed by atoms with van der Waals surface area (Å²) in [6.07, 6.45) is 1.90. The van der Waals surface area contributed by atoms with Gasteiger partial charge in [-0.1, -0.05) is 6.92 Å². The lowest BCUT2D eigenvalue weighted by Gasteiger charge is -2.16. The van der Waals surface area contributed by atoms with Crippen LogP contribution in [-0.4, -0.2) is 35.2 Å². The number of amides is 1. The fourth-order valence-corrected chi connectivity index (χ4v) is 2.29. The van der Waals surface area contributed by atoms with Gasteiger partial charge in [0.25, 0.3) is 0 Å². The van der Waals surface area contributed by atoms with Gasteiger partial charge in [0.15, 0.2) is 0 Å². The molecular weight excluding hydrogens is 232 g/mol. The molecule has 1 aliphatic rings. The van der Waals surface area contributed by atoms with E-state index in [4.69, 9.17) is 10.5 Å². The zero-order valence-corrected chi connectivity index (χ0v) is 10.7. The van der Waals surface area contributed by atoms with Crippen molar-refractivity contribution in [3.63, 3.8) is 0 Å². The van der Waals surface area contributed by atoms with E-state index in [2.05, 4.69) is 21.8 Å². The molecular formula is C12H20N4O2. The first-order valence-electron chi connectivity index (χ1n) is 6.36. The quantitative estimate of drug-likeness (QED) is 0.675. The SMILES string of the molecule is CCc1nc2c(n1CCOCC(N)=O)CCNC2. The smallest absolute Gasteiger partial charge is 0.243 e. The Bertz CT molecular complexity index is 428. The highest BCUT2D eigenvalue weighted by atomic mass is 16.5. The van der Waals surface area contributed by atoms with Gasteiger partial charge < -0.3 is 20.4 Å². The summed E-state index contributed by atoms with van der Waals surface area (Å²) in [7, 11) is 0. The molecule has 0 saturated heterocycles. The number of nitrogens with two attached hydrogens (primary N) is 1. The minimum Gasteiger partial charge on any atom is -0.370 e. The summed E-state index contributed by atoms with van der Waals surface area (Å²) in [5.41, 5.74) is 7.47. The number of primary amides is 1. The predicted molar refractivity (Wildman–Crippen MR) is 67.0 cm³/mol. The van der Waals surface area contributed by atoms with E-state index in [-0.39, 0.29) is 6.61 Å². The van der Waals surface area contributed by atoms with E-state index >= 15 is 0 Å². The zero-order valence-electron chi connectivity index (χ0n) is 10.7. The number of aryl methyl sites for hydroxylation is 1. The number of rotatable bonds is 6. The fourth-order valence-electron chi connectivity index (χ4n) is 2.29. The molecule has 0 atom stereocenters. The Hall–Kier alpha value is -1.40. The average Bonchev–Trinajstić information content (AvgIpc) is 2.72. The third kappa shape index (κ3) is 2.88. The number of nitrogens with one attached hydrogen (secondary N) is 1. The molecule has 0 fully saturated rings. The van der Waals surface area contributed by atoms with Gasteiger partial charge in [0, 0.05) is 38.2 Å². The van der Waals surface area contributed by atoms with Gasteiger partial charge >= 0.3 is 0 Å². The van der Waals surface area contributed by atoms with Crippen LogP contribution >= 0.6 is 0 Å². The molecule has 6 heteroatoms. The first-order valence-corrected chi connectivity index (χ1v) is 6.36. The summed E-state index contributed by atoms with van der Waals surface area (Å²) < 4.78 is 7.44. The number of aromatic nitrogens is 2. The van der Waals surface area contributed by atoms with Crippen LogP contribution in [0.4, 0.5) is 0 Å². The molecule has 0 unspecified atom stereocenters. The second-order valence-corrected chi connectivity index (χ2v) is 4.37. The molecule has 1 aliphatic heterocycles. The summed E-state index contributed by atoms with van der Waals surface area (Å²) in [6, 6.07) is 0. The monoisotopic (exact) mass is 252 g/mol. The number of nitrogens with zero attached hydrogens (tertiary/aromatic N) is 2. The Kier molecular flexibility index (Phi) is 4.33. The number of fused-ring (bicyclic) bond motifs is 1. The van der Waals surface area contributed by atoms with Crippen LogP contribution < -0.4 is 11.1 Å². The third-order valence-electron chi connectivity index (χ3n) is 3.09. The van der Waals surface area contributed by atoms with Gasteiger partial charge in [-0.3, -0.25) is 4.79 Å². The van der Waals surface area contributed by atoms with Gasteiger partial charge in [0.1, 0.15) is 12.4 Å². The molecule has 100 valence electrons. The molecule has 3 N–H and O–H groups in total. The van der Waals surface area contributed by atoms with Crippen LogP contribution in [0.1, 0.15) is 24.1 Å². The summed E-state index contributed by atoms with van der Waals surface area (Å²) in [5.74, 6) is 0.661. The van der Waals surface area contributed by atoms with Crippen LogP contribution in [0, 0.1) is 0 Å². The summed E-state index contributed by atoms with van der Waals surface area (Å²) in [6.45, 7) is 5.15. The van der Waals surface area contributed by atoms with E-state index in [1.165, 1.54) is 5.69 Å². The molecule has 0 aliphatic carbocycles. The van der Waals surface area contributed by atoms with Crippen molar-refractivity contribution in [2.45, 2.75) is 32.9 Å². The second-order valence-electron chi connectivity index (χ2n) is 4.37. The predicted octanol–water partition coefficient (Wildman–Crippen LogP) is -0.407. The Labute approximate surface area is 107 Å².